The van der Waals surface area contributed by atoms with Gasteiger partial charge >= 0.3 is 0 Å². The summed E-state index contributed by atoms with van der Waals surface area (Å²) in [5.41, 5.74) is 8.00. The number of para-hydroxylation sites is 1. The van der Waals surface area contributed by atoms with Gasteiger partial charge in [-0.25, -0.2) is 0 Å². The van der Waals surface area contributed by atoms with E-state index in [2.05, 4.69) is 172 Å². The lowest BCUT2D eigenvalue weighted by molar-refractivity contribution is 0.431. The molecule has 10 heteroatoms. The van der Waals surface area contributed by atoms with Gasteiger partial charge in [0, 0.05) is 54.7 Å². The van der Waals surface area contributed by atoms with Gasteiger partial charge in [-0.1, -0.05) is 221 Å². The lowest BCUT2D eigenvalue weighted by Crippen LogP contribution is -2.17. The van der Waals surface area contributed by atoms with Crippen LogP contribution < -0.4 is 0 Å². The maximum atomic E-state index is 11.1. The number of phenolic OH excluding ortho intramolecular Hbond substituents is 5. The van der Waals surface area contributed by atoms with Gasteiger partial charge in [-0.05, 0) is 126 Å². The van der Waals surface area contributed by atoms with E-state index in [0.717, 1.165) is 85.5 Å². The monoisotopic (exact) mass is 1180 g/mol. The smallest absolute Gasteiger partial charge is 0.132 e. The molecule has 0 aliphatic carbocycles. The van der Waals surface area contributed by atoms with E-state index in [9.17, 15) is 25.5 Å². The topological polar surface area (TPSA) is 114 Å². The number of aliphatic imine (C=N–C) groups is 1. The molecule has 0 heterocycles. The average molecular weight is 1180 g/mol. The standard InChI is InChI=1S/C30H46O2S2.C22H29NOS.C20H14O2S/c1-27(2,3)19-15-21(29(7,8)9)25(31)23(17-19)33-13-14-34-24-18-20(28(4,5)6)16-22(26(24)32)30(10,11)12;1-21(2,3)16-12-15(20(24)17(13-16)22(4,5)6)14-23-18-10-8-9-11-19(18)25-7;21-17-10-9-13-5-3-4-8-16(13)20(17)23-19-12-15-7-2-1-6-14(15)11-18(19)22/h15-18,31-32H,13-14H2,1-12H3;8-14,24H,1-7H3;1-12,21-22H. The second-order valence-electron chi connectivity index (χ2n) is 27.2. The Kier molecular flexibility index (Phi) is 20.8. The van der Waals surface area contributed by atoms with E-state index in [1.165, 1.54) is 28.5 Å². The van der Waals surface area contributed by atoms with Crippen LogP contribution in [-0.2, 0) is 32.5 Å². The number of fused-ring (bicyclic) bond motifs is 2. The summed E-state index contributed by atoms with van der Waals surface area (Å²) in [5, 5.41) is 57.6. The zero-order chi connectivity index (χ0) is 60.9. The van der Waals surface area contributed by atoms with Crippen molar-refractivity contribution in [2.45, 2.75) is 182 Å². The minimum Gasteiger partial charge on any atom is -0.507 e. The maximum Gasteiger partial charge on any atom is 0.132 e. The Bertz CT molecular complexity index is 3480. The van der Waals surface area contributed by atoms with Gasteiger partial charge in [0.05, 0.1) is 15.5 Å². The predicted molar refractivity (Wildman–Crippen MR) is 359 cm³/mol. The fraction of sp³-hybridized carbons (Fsp3) is 0.375. The van der Waals surface area contributed by atoms with Crippen LogP contribution in [0.2, 0.25) is 0 Å². The van der Waals surface area contributed by atoms with E-state index in [-0.39, 0.29) is 44.0 Å². The van der Waals surface area contributed by atoms with Crippen LogP contribution >= 0.6 is 47.0 Å². The summed E-state index contributed by atoms with van der Waals surface area (Å²) in [6.07, 6.45) is 3.83. The summed E-state index contributed by atoms with van der Waals surface area (Å²) >= 11 is 6.46. The zero-order valence-electron chi connectivity index (χ0n) is 52.0. The molecule has 436 valence electrons. The van der Waals surface area contributed by atoms with Gasteiger partial charge in [0.2, 0.25) is 0 Å². The number of phenols is 5. The van der Waals surface area contributed by atoms with Crippen molar-refractivity contribution in [2.75, 3.05) is 17.8 Å². The molecule has 0 aliphatic heterocycles. The summed E-state index contributed by atoms with van der Waals surface area (Å²) in [6.45, 7) is 39.1. The van der Waals surface area contributed by atoms with Gasteiger partial charge in [-0.15, -0.1) is 35.3 Å². The lowest BCUT2D eigenvalue weighted by Gasteiger charge is -2.27. The molecule has 0 amide bonds. The number of hydrogen-bond acceptors (Lipinski definition) is 10. The Hall–Kier alpha value is -5.65. The third-order valence-electron chi connectivity index (χ3n) is 14.2. The number of benzene rings is 8. The van der Waals surface area contributed by atoms with E-state index in [1.807, 2.05) is 85.1 Å². The van der Waals surface area contributed by atoms with Crippen molar-refractivity contribution < 1.29 is 25.5 Å². The Morgan fingerprint density at radius 2 is 0.817 bits per heavy atom. The molecule has 0 atom stereocenters. The summed E-state index contributed by atoms with van der Waals surface area (Å²) < 4.78 is 0. The van der Waals surface area contributed by atoms with Gasteiger partial charge < -0.3 is 25.5 Å². The molecular formula is C72H89NO5S4. The fourth-order valence-electron chi connectivity index (χ4n) is 9.12. The van der Waals surface area contributed by atoms with Crippen molar-refractivity contribution in [2.24, 2.45) is 4.99 Å². The second kappa shape index (κ2) is 26.1. The first-order valence-electron chi connectivity index (χ1n) is 28.2. The molecule has 0 unspecified atom stereocenters. The molecule has 8 rings (SSSR count). The van der Waals surface area contributed by atoms with Crippen molar-refractivity contribution in [3.8, 4) is 28.7 Å². The van der Waals surface area contributed by atoms with Crippen molar-refractivity contribution in [1.29, 1.82) is 0 Å². The molecule has 5 N–H and O–H groups in total. The highest BCUT2D eigenvalue weighted by atomic mass is 32.2. The Morgan fingerprint density at radius 1 is 0.390 bits per heavy atom. The van der Waals surface area contributed by atoms with Crippen LogP contribution in [0.1, 0.15) is 164 Å². The third kappa shape index (κ3) is 16.8. The van der Waals surface area contributed by atoms with E-state index in [1.54, 1.807) is 53.6 Å². The van der Waals surface area contributed by atoms with Crippen LogP contribution in [0.25, 0.3) is 21.5 Å². The van der Waals surface area contributed by atoms with Crippen LogP contribution in [0, 0.1) is 0 Å². The van der Waals surface area contributed by atoms with Crippen LogP contribution in [0.4, 0.5) is 5.69 Å². The second-order valence-corrected chi connectivity index (χ2v) is 31.4. The molecule has 0 spiro atoms. The van der Waals surface area contributed by atoms with Gasteiger partial charge in [0.25, 0.3) is 0 Å². The quantitative estimate of drug-likeness (QED) is 0.0519. The van der Waals surface area contributed by atoms with Crippen molar-refractivity contribution in [3.05, 3.63) is 172 Å². The van der Waals surface area contributed by atoms with E-state index < -0.39 is 0 Å². The minimum absolute atomic E-state index is 0.00741. The van der Waals surface area contributed by atoms with Crippen molar-refractivity contribution in [3.63, 3.8) is 0 Å². The molecule has 8 aromatic carbocycles. The highest BCUT2D eigenvalue weighted by molar-refractivity contribution is 8.03. The molecule has 6 nitrogen and oxygen atoms in total. The van der Waals surface area contributed by atoms with Crippen molar-refractivity contribution in [1.82, 2.24) is 0 Å². The van der Waals surface area contributed by atoms with Crippen molar-refractivity contribution >= 4 is 80.5 Å². The Balaban J connectivity index is 0.000000202. The minimum atomic E-state index is -0.134. The molecule has 8 aromatic rings. The molecule has 0 aromatic heterocycles. The van der Waals surface area contributed by atoms with E-state index >= 15 is 0 Å². The fourth-order valence-corrected chi connectivity index (χ4v) is 12.7. The molecule has 82 heavy (non-hydrogen) atoms. The number of rotatable bonds is 10. The van der Waals surface area contributed by atoms with E-state index in [0.29, 0.717) is 17.2 Å². The summed E-state index contributed by atoms with van der Waals surface area (Å²) in [4.78, 5) is 9.16. The molecule has 0 saturated heterocycles. The van der Waals surface area contributed by atoms with E-state index in [4.69, 9.17) is 0 Å². The zero-order valence-corrected chi connectivity index (χ0v) is 55.3. The maximum absolute atomic E-state index is 11.1. The highest BCUT2D eigenvalue weighted by Gasteiger charge is 2.28. The van der Waals surface area contributed by atoms with Crippen LogP contribution in [-0.4, -0.2) is 49.5 Å². The SMILES string of the molecule is CC(C)(C)c1cc(SCCSc2cc(C(C)(C)C)cc(C(C)(C)C)c2O)c(O)c(C(C)(C)C)c1.CSc1ccccc1N=Cc1cc(C(C)(C)C)cc(C(C)(C)C)c1O.Oc1cc2ccccc2cc1Sc1c(O)ccc2ccccc12. The Morgan fingerprint density at radius 3 is 1.29 bits per heavy atom. The average Bonchev–Trinajstić information content (AvgIpc) is 3.18. The van der Waals surface area contributed by atoms with Crippen LogP contribution in [0.15, 0.2) is 163 Å². The summed E-state index contributed by atoms with van der Waals surface area (Å²) in [7, 11) is 0. The molecule has 0 radical (unpaired) electrons. The van der Waals surface area contributed by atoms with Gasteiger partial charge in [-0.2, -0.15) is 0 Å². The first kappa shape index (κ1) is 65.5. The predicted octanol–water partition coefficient (Wildman–Crippen LogP) is 21.2. The molecular weight excluding hydrogens is 1090 g/mol. The number of nitrogens with zero attached hydrogens (tertiary/aromatic N) is 1. The number of aromatic hydroxyl groups is 5. The third-order valence-corrected chi connectivity index (χ3v) is 18.5. The first-order valence-corrected chi connectivity index (χ1v) is 32.2. The molecule has 0 aliphatic rings. The molecule has 0 saturated carbocycles. The van der Waals surface area contributed by atoms with Crippen LogP contribution in [0.3, 0.4) is 0 Å². The summed E-state index contributed by atoms with van der Waals surface area (Å²) in [5.74, 6) is 3.28. The highest BCUT2D eigenvalue weighted by Crippen LogP contribution is 2.47. The molecule has 0 bridgehead atoms. The first-order chi connectivity index (χ1) is 38.0. The summed E-state index contributed by atoms with van der Waals surface area (Å²) in [6, 6.07) is 44.0. The number of hydrogen-bond donors (Lipinski definition) is 5. The molecule has 0 fully saturated rings. The van der Waals surface area contributed by atoms with Gasteiger partial charge in [0.1, 0.15) is 28.7 Å². The number of thioether (sulfide) groups is 3. The normalized spacial score (nSPS) is 12.6. The Labute approximate surface area is 508 Å². The van der Waals surface area contributed by atoms with Gasteiger partial charge in [0.15, 0.2) is 0 Å². The van der Waals surface area contributed by atoms with Gasteiger partial charge in [-0.3, -0.25) is 4.99 Å². The van der Waals surface area contributed by atoms with Crippen LogP contribution in [0.5, 0.6) is 28.7 Å². The lowest BCUT2D eigenvalue weighted by atomic mass is 9.79. The largest absolute Gasteiger partial charge is 0.507 e.